The molecule has 27 heavy (non-hydrogen) atoms. The molecule has 3 aromatic rings. The molecule has 5 nitrogen and oxygen atoms in total. The summed E-state index contributed by atoms with van der Waals surface area (Å²) in [5, 5.41) is 4.12. The maximum Gasteiger partial charge on any atom is 0.471 e. The fourth-order valence-corrected chi connectivity index (χ4v) is 3.54. The summed E-state index contributed by atoms with van der Waals surface area (Å²) >= 11 is 13.3. The van der Waals surface area contributed by atoms with E-state index in [0.717, 1.165) is 0 Å². The van der Waals surface area contributed by atoms with Crippen molar-refractivity contribution in [3.63, 3.8) is 0 Å². The number of carbonyl (C=O) groups is 1. The molecule has 0 unspecified atom stereocenters. The van der Waals surface area contributed by atoms with Crippen molar-refractivity contribution in [3.05, 3.63) is 58.2 Å². The number of ketones is 1. The topological polar surface area (TPSA) is 68.9 Å². The lowest BCUT2D eigenvalue weighted by atomic mass is 10.2. The van der Waals surface area contributed by atoms with Gasteiger partial charge in [-0.25, -0.2) is 0 Å². The molecule has 0 saturated heterocycles. The number of hydrogen-bond acceptors (Lipinski definition) is 6. The molecule has 0 aliphatic carbocycles. The molecule has 11 heteroatoms. The molecule has 0 aliphatic heterocycles. The molecule has 0 saturated carbocycles. The molecular weight excluding hydrogens is 426 g/mol. The molecule has 0 radical (unpaired) electrons. The van der Waals surface area contributed by atoms with E-state index in [1.807, 2.05) is 0 Å². The van der Waals surface area contributed by atoms with Crippen LogP contribution in [0.5, 0.6) is 0 Å². The summed E-state index contributed by atoms with van der Waals surface area (Å²) in [6.45, 7) is 0. The lowest BCUT2D eigenvalue weighted by Crippen LogP contribution is -2.06. The SMILES string of the molecule is O=C(CSc1c(Cl)cccc1Cl)c1ccc(-c2noc(C(F)(F)F)n2)cn1. The smallest absolute Gasteiger partial charge is 0.329 e. The Hall–Kier alpha value is -2.10. The molecular formula is C16H8Cl2F3N3O2S. The number of alkyl halides is 3. The van der Waals surface area contributed by atoms with Gasteiger partial charge in [0.15, 0.2) is 5.78 Å². The molecule has 1 aromatic carbocycles. The average molecular weight is 434 g/mol. The van der Waals surface area contributed by atoms with Gasteiger partial charge in [-0.1, -0.05) is 34.4 Å². The molecule has 2 heterocycles. The summed E-state index contributed by atoms with van der Waals surface area (Å²) in [6, 6.07) is 7.77. The highest BCUT2D eigenvalue weighted by Gasteiger charge is 2.38. The maximum atomic E-state index is 12.5. The molecule has 0 atom stereocenters. The van der Waals surface area contributed by atoms with Crippen LogP contribution in [0, 0.1) is 0 Å². The van der Waals surface area contributed by atoms with Gasteiger partial charge in [0.2, 0.25) is 5.82 Å². The third kappa shape index (κ3) is 4.60. The van der Waals surface area contributed by atoms with E-state index in [-0.39, 0.29) is 28.6 Å². The normalized spacial score (nSPS) is 11.6. The molecule has 3 rings (SSSR count). The summed E-state index contributed by atoms with van der Waals surface area (Å²) < 4.78 is 41.6. The first-order chi connectivity index (χ1) is 12.8. The van der Waals surface area contributed by atoms with Crippen LogP contribution in [-0.2, 0) is 6.18 Å². The van der Waals surface area contributed by atoms with Gasteiger partial charge in [0.1, 0.15) is 5.69 Å². The fourth-order valence-electron chi connectivity index (χ4n) is 1.98. The van der Waals surface area contributed by atoms with Crippen molar-refractivity contribution in [3.8, 4) is 11.4 Å². The largest absolute Gasteiger partial charge is 0.471 e. The van der Waals surface area contributed by atoms with Crippen LogP contribution in [0.4, 0.5) is 13.2 Å². The molecule has 0 fully saturated rings. The summed E-state index contributed by atoms with van der Waals surface area (Å²) in [4.78, 5) is 20.0. The first-order valence-corrected chi connectivity index (χ1v) is 8.97. The van der Waals surface area contributed by atoms with E-state index in [0.29, 0.717) is 14.9 Å². The standard InChI is InChI=1S/C16H8Cl2F3N3O2S/c17-9-2-1-3-10(18)13(9)27-7-12(25)11-5-4-8(6-22-11)14-23-15(26-24-14)16(19,20)21/h1-6H,7H2. The van der Waals surface area contributed by atoms with Crippen molar-refractivity contribution in [2.45, 2.75) is 11.1 Å². The van der Waals surface area contributed by atoms with Gasteiger partial charge < -0.3 is 4.52 Å². The summed E-state index contributed by atoms with van der Waals surface area (Å²) in [7, 11) is 0. The van der Waals surface area contributed by atoms with E-state index in [1.165, 1.54) is 30.1 Å². The van der Waals surface area contributed by atoms with Crippen molar-refractivity contribution in [1.82, 2.24) is 15.1 Å². The summed E-state index contributed by atoms with van der Waals surface area (Å²) in [5.41, 5.74) is 0.321. The Labute approximate surface area is 164 Å². The molecule has 0 bridgehead atoms. The second-order valence-electron chi connectivity index (χ2n) is 5.12. The molecule has 0 amide bonds. The highest BCUT2D eigenvalue weighted by molar-refractivity contribution is 8.00. The Balaban J connectivity index is 1.70. The van der Waals surface area contributed by atoms with Gasteiger partial charge in [-0.15, -0.1) is 11.8 Å². The van der Waals surface area contributed by atoms with Gasteiger partial charge in [0, 0.05) is 16.7 Å². The zero-order valence-electron chi connectivity index (χ0n) is 13.1. The van der Waals surface area contributed by atoms with Crippen LogP contribution in [0.3, 0.4) is 0 Å². The van der Waals surface area contributed by atoms with Crippen LogP contribution in [-0.4, -0.2) is 26.7 Å². The minimum atomic E-state index is -4.73. The number of halogens is 5. The van der Waals surface area contributed by atoms with Crippen LogP contribution in [0.1, 0.15) is 16.4 Å². The predicted molar refractivity (Wildman–Crippen MR) is 94.0 cm³/mol. The van der Waals surface area contributed by atoms with Gasteiger partial charge >= 0.3 is 12.1 Å². The summed E-state index contributed by atoms with van der Waals surface area (Å²) in [6.07, 6.45) is -3.53. The molecule has 0 aliphatic rings. The maximum absolute atomic E-state index is 12.5. The predicted octanol–water partition coefficient (Wildman–Crippen LogP) is 5.43. The number of pyridine rings is 1. The minimum Gasteiger partial charge on any atom is -0.329 e. The van der Waals surface area contributed by atoms with E-state index in [4.69, 9.17) is 23.2 Å². The number of aromatic nitrogens is 3. The molecule has 2 aromatic heterocycles. The zero-order chi connectivity index (χ0) is 19.6. The molecule has 0 N–H and O–H groups in total. The van der Waals surface area contributed by atoms with Crippen molar-refractivity contribution < 1.29 is 22.5 Å². The van der Waals surface area contributed by atoms with Gasteiger partial charge in [-0.3, -0.25) is 9.78 Å². The van der Waals surface area contributed by atoms with Gasteiger partial charge in [-0.05, 0) is 24.3 Å². The Morgan fingerprint density at radius 3 is 2.41 bits per heavy atom. The Morgan fingerprint density at radius 2 is 1.85 bits per heavy atom. The van der Waals surface area contributed by atoms with E-state index >= 15 is 0 Å². The van der Waals surface area contributed by atoms with Crippen LogP contribution >= 0.6 is 35.0 Å². The lowest BCUT2D eigenvalue weighted by molar-refractivity contribution is -0.159. The average Bonchev–Trinajstić information content (AvgIpc) is 3.12. The Kier molecular flexibility index (Phi) is 5.73. The van der Waals surface area contributed by atoms with Crippen LogP contribution in [0.15, 0.2) is 45.9 Å². The number of carbonyl (C=O) groups excluding carboxylic acids is 1. The number of hydrogen-bond donors (Lipinski definition) is 0. The zero-order valence-corrected chi connectivity index (χ0v) is 15.5. The summed E-state index contributed by atoms with van der Waals surface area (Å²) in [5.74, 6) is -1.99. The first-order valence-electron chi connectivity index (χ1n) is 7.23. The molecule has 140 valence electrons. The van der Waals surface area contributed by atoms with Gasteiger partial charge in [0.05, 0.1) is 15.8 Å². The van der Waals surface area contributed by atoms with E-state index in [9.17, 15) is 18.0 Å². The quantitative estimate of drug-likeness (QED) is 0.394. The van der Waals surface area contributed by atoms with E-state index < -0.39 is 12.1 Å². The van der Waals surface area contributed by atoms with Gasteiger partial charge in [0.25, 0.3) is 0 Å². The van der Waals surface area contributed by atoms with Crippen LogP contribution < -0.4 is 0 Å². The number of rotatable bonds is 5. The number of Topliss-reactive ketones (excluding diaryl/α,β-unsaturated/α-hetero) is 1. The fraction of sp³-hybridized carbons (Fsp3) is 0.125. The number of benzene rings is 1. The van der Waals surface area contributed by atoms with Crippen LogP contribution in [0.25, 0.3) is 11.4 Å². The number of thioether (sulfide) groups is 1. The van der Waals surface area contributed by atoms with Crippen molar-refractivity contribution in [2.75, 3.05) is 5.75 Å². The van der Waals surface area contributed by atoms with Crippen molar-refractivity contribution in [2.24, 2.45) is 0 Å². The minimum absolute atomic E-state index is 0.0379. The van der Waals surface area contributed by atoms with Gasteiger partial charge in [-0.2, -0.15) is 18.2 Å². The monoisotopic (exact) mass is 433 g/mol. The lowest BCUT2D eigenvalue weighted by Gasteiger charge is -2.06. The Morgan fingerprint density at radius 1 is 1.15 bits per heavy atom. The molecule has 0 spiro atoms. The third-order valence-corrected chi connectivity index (χ3v) is 5.23. The van der Waals surface area contributed by atoms with E-state index in [2.05, 4.69) is 19.6 Å². The first kappa shape index (κ1) is 19.7. The second-order valence-corrected chi connectivity index (χ2v) is 6.92. The van der Waals surface area contributed by atoms with Crippen molar-refractivity contribution in [1.29, 1.82) is 0 Å². The third-order valence-electron chi connectivity index (χ3n) is 3.24. The second kappa shape index (κ2) is 7.87. The highest BCUT2D eigenvalue weighted by atomic mass is 35.5. The van der Waals surface area contributed by atoms with E-state index in [1.54, 1.807) is 18.2 Å². The Bertz CT molecular complexity index is 958. The highest BCUT2D eigenvalue weighted by Crippen LogP contribution is 2.34. The van der Waals surface area contributed by atoms with Crippen LogP contribution in [0.2, 0.25) is 10.0 Å². The number of nitrogens with zero attached hydrogens (tertiary/aromatic N) is 3. The van der Waals surface area contributed by atoms with Crippen molar-refractivity contribution >= 4 is 40.7 Å².